The van der Waals surface area contributed by atoms with Crippen LogP contribution in [0, 0.1) is 11.2 Å². The maximum absolute atomic E-state index is 13.5. The molecule has 2 rings (SSSR count). The summed E-state index contributed by atoms with van der Waals surface area (Å²) >= 11 is 0. The van der Waals surface area contributed by atoms with Crippen LogP contribution in [0.3, 0.4) is 0 Å². The van der Waals surface area contributed by atoms with E-state index in [0.29, 0.717) is 19.5 Å². The number of likely N-dealkylation sites (N-methyl/N-ethyl adjacent to an activating group) is 1. The highest BCUT2D eigenvalue weighted by Crippen LogP contribution is 2.26. The van der Waals surface area contributed by atoms with Crippen LogP contribution in [-0.2, 0) is 9.59 Å². The van der Waals surface area contributed by atoms with E-state index >= 15 is 0 Å². The monoisotopic (exact) mass is 363 g/mol. The molecule has 0 saturated carbocycles. The van der Waals surface area contributed by atoms with Gasteiger partial charge in [-0.1, -0.05) is 32.9 Å². The van der Waals surface area contributed by atoms with Crippen molar-refractivity contribution >= 4 is 11.8 Å². The van der Waals surface area contributed by atoms with Crippen molar-refractivity contribution in [3.8, 4) is 0 Å². The summed E-state index contributed by atoms with van der Waals surface area (Å²) in [5, 5.41) is 2.96. The van der Waals surface area contributed by atoms with Crippen LogP contribution in [0.15, 0.2) is 24.3 Å². The number of amides is 2. The van der Waals surface area contributed by atoms with E-state index in [0.717, 1.165) is 12.0 Å². The highest BCUT2D eigenvalue weighted by molar-refractivity contribution is 5.90. The number of likely N-dealkylation sites (tertiary alicyclic amines) is 1. The molecule has 1 aromatic carbocycles. The minimum Gasteiger partial charge on any atom is -0.352 e. The van der Waals surface area contributed by atoms with Crippen LogP contribution in [0.5, 0.6) is 0 Å². The molecule has 26 heavy (non-hydrogen) atoms. The van der Waals surface area contributed by atoms with Crippen molar-refractivity contribution in [2.75, 3.05) is 27.2 Å². The Morgan fingerprint density at radius 2 is 2.04 bits per heavy atom. The van der Waals surface area contributed by atoms with Crippen molar-refractivity contribution in [2.45, 2.75) is 45.7 Å². The van der Waals surface area contributed by atoms with Crippen molar-refractivity contribution in [1.29, 1.82) is 0 Å². The van der Waals surface area contributed by atoms with Gasteiger partial charge in [-0.2, -0.15) is 0 Å². The Kier molecular flexibility index (Phi) is 6.39. The fraction of sp³-hybridized carbons (Fsp3) is 0.600. The third-order valence-electron chi connectivity index (χ3n) is 4.78. The van der Waals surface area contributed by atoms with Gasteiger partial charge in [0.15, 0.2) is 0 Å². The summed E-state index contributed by atoms with van der Waals surface area (Å²) in [6, 6.07) is 5.86. The summed E-state index contributed by atoms with van der Waals surface area (Å²) in [6.07, 6.45) is 1.52. The molecule has 2 atom stereocenters. The predicted octanol–water partition coefficient (Wildman–Crippen LogP) is 2.58. The summed E-state index contributed by atoms with van der Waals surface area (Å²) in [6.45, 7) is 6.59. The van der Waals surface area contributed by atoms with Crippen molar-refractivity contribution in [2.24, 2.45) is 5.41 Å². The summed E-state index contributed by atoms with van der Waals surface area (Å²) < 4.78 is 13.5. The van der Waals surface area contributed by atoms with Crippen molar-refractivity contribution in [3.05, 3.63) is 35.6 Å². The lowest BCUT2D eigenvalue weighted by Crippen LogP contribution is -2.50. The Labute approximate surface area is 155 Å². The third-order valence-corrected chi connectivity index (χ3v) is 4.78. The number of rotatable bonds is 5. The topological polar surface area (TPSA) is 52.7 Å². The lowest BCUT2D eigenvalue weighted by atomic mass is 9.94. The Hall–Kier alpha value is -1.95. The fourth-order valence-corrected chi connectivity index (χ4v) is 3.34. The van der Waals surface area contributed by atoms with Crippen LogP contribution in [0.2, 0.25) is 0 Å². The normalized spacial score (nSPS) is 18.9. The highest BCUT2D eigenvalue weighted by Gasteiger charge is 2.38. The van der Waals surface area contributed by atoms with Crippen LogP contribution in [0.1, 0.15) is 45.2 Å². The second-order valence-electron chi connectivity index (χ2n) is 8.19. The van der Waals surface area contributed by atoms with Crippen LogP contribution in [-0.4, -0.2) is 54.8 Å². The largest absolute Gasteiger partial charge is 0.352 e. The van der Waals surface area contributed by atoms with E-state index in [4.69, 9.17) is 0 Å². The van der Waals surface area contributed by atoms with Gasteiger partial charge in [0.1, 0.15) is 11.9 Å². The predicted molar refractivity (Wildman–Crippen MR) is 100 cm³/mol. The molecule has 2 amide bonds. The average Bonchev–Trinajstić information content (AvgIpc) is 3.02. The van der Waals surface area contributed by atoms with E-state index in [2.05, 4.69) is 5.32 Å². The molecular formula is C20H30FN3O2. The van der Waals surface area contributed by atoms with Gasteiger partial charge in [-0.15, -0.1) is 0 Å². The molecule has 0 aliphatic carbocycles. The third kappa shape index (κ3) is 4.81. The van der Waals surface area contributed by atoms with Crippen LogP contribution >= 0.6 is 0 Å². The number of nitrogens with one attached hydrogen (secondary N) is 1. The molecule has 1 aromatic rings. The number of hydrogen-bond acceptors (Lipinski definition) is 3. The number of carbonyl (C=O) groups is 2. The first kappa shape index (κ1) is 20.4. The molecule has 1 fully saturated rings. The second-order valence-corrected chi connectivity index (χ2v) is 8.19. The Morgan fingerprint density at radius 1 is 1.35 bits per heavy atom. The van der Waals surface area contributed by atoms with E-state index in [1.807, 2.05) is 45.8 Å². The van der Waals surface area contributed by atoms with Gasteiger partial charge in [0.25, 0.3) is 0 Å². The summed E-state index contributed by atoms with van der Waals surface area (Å²) in [5.41, 5.74) is 0.306. The van der Waals surface area contributed by atoms with Gasteiger partial charge in [-0.05, 0) is 44.6 Å². The lowest BCUT2D eigenvalue weighted by Gasteiger charge is -2.31. The Morgan fingerprint density at radius 3 is 2.62 bits per heavy atom. The van der Waals surface area contributed by atoms with Gasteiger partial charge in [-0.3, -0.25) is 9.59 Å². The average molecular weight is 363 g/mol. The quantitative estimate of drug-likeness (QED) is 0.875. The van der Waals surface area contributed by atoms with E-state index in [1.54, 1.807) is 11.0 Å². The van der Waals surface area contributed by atoms with E-state index < -0.39 is 11.5 Å². The number of carbonyl (C=O) groups excluding carboxylic acids is 2. The fourth-order valence-electron chi connectivity index (χ4n) is 3.34. The number of benzene rings is 1. The molecule has 144 valence electrons. The van der Waals surface area contributed by atoms with E-state index in [1.165, 1.54) is 12.1 Å². The molecule has 1 aliphatic heterocycles. The maximum atomic E-state index is 13.5. The molecular weight excluding hydrogens is 333 g/mol. The number of halogens is 1. The maximum Gasteiger partial charge on any atom is 0.242 e. The summed E-state index contributed by atoms with van der Waals surface area (Å²) in [5.74, 6) is -0.425. The number of hydrogen-bond donors (Lipinski definition) is 1. The molecule has 0 aromatic heterocycles. The molecule has 1 saturated heterocycles. The molecule has 1 N–H and O–H groups in total. The molecule has 2 unspecified atom stereocenters. The molecule has 1 aliphatic rings. The Bertz CT molecular complexity index is 655. The van der Waals surface area contributed by atoms with Crippen molar-refractivity contribution < 1.29 is 14.0 Å². The van der Waals surface area contributed by atoms with Gasteiger partial charge in [0.2, 0.25) is 11.8 Å². The number of nitrogens with zero attached hydrogens (tertiary/aromatic N) is 2. The van der Waals surface area contributed by atoms with E-state index in [9.17, 15) is 14.0 Å². The molecule has 0 spiro atoms. The van der Waals surface area contributed by atoms with Crippen LogP contribution in [0.25, 0.3) is 0 Å². The molecule has 0 bridgehead atoms. The molecule has 0 radical (unpaired) electrons. The van der Waals surface area contributed by atoms with Gasteiger partial charge in [0.05, 0.1) is 6.04 Å². The minimum atomic E-state index is -0.503. The SMILES string of the molecule is CN(C)C(CNC(=O)C1CCCN1C(=O)C(C)(C)C)c1cccc(F)c1. The van der Waals surface area contributed by atoms with Gasteiger partial charge in [-0.25, -0.2) is 4.39 Å². The second kappa shape index (κ2) is 8.16. The summed E-state index contributed by atoms with van der Waals surface area (Å²) in [4.78, 5) is 28.9. The van der Waals surface area contributed by atoms with Gasteiger partial charge < -0.3 is 15.1 Å². The smallest absolute Gasteiger partial charge is 0.242 e. The zero-order chi connectivity index (χ0) is 19.5. The van der Waals surface area contributed by atoms with Crippen molar-refractivity contribution in [3.63, 3.8) is 0 Å². The van der Waals surface area contributed by atoms with Crippen LogP contribution < -0.4 is 5.32 Å². The van der Waals surface area contributed by atoms with E-state index in [-0.39, 0.29) is 23.7 Å². The zero-order valence-electron chi connectivity index (χ0n) is 16.4. The standard InChI is InChI=1S/C20H30FN3O2/c1-20(2,3)19(26)24-11-7-10-16(24)18(25)22-13-17(23(4)5)14-8-6-9-15(21)12-14/h6,8-9,12,16-17H,7,10-11,13H2,1-5H3,(H,22,25). The molecule has 5 nitrogen and oxygen atoms in total. The van der Waals surface area contributed by atoms with Crippen LogP contribution in [0.4, 0.5) is 4.39 Å². The first-order valence-corrected chi connectivity index (χ1v) is 9.12. The lowest BCUT2D eigenvalue weighted by molar-refractivity contribution is -0.144. The van der Waals surface area contributed by atoms with Gasteiger partial charge >= 0.3 is 0 Å². The highest BCUT2D eigenvalue weighted by atomic mass is 19.1. The minimum absolute atomic E-state index is 0.00411. The first-order chi connectivity index (χ1) is 12.1. The zero-order valence-corrected chi connectivity index (χ0v) is 16.4. The first-order valence-electron chi connectivity index (χ1n) is 9.12. The van der Waals surface area contributed by atoms with Gasteiger partial charge in [0, 0.05) is 18.5 Å². The van der Waals surface area contributed by atoms with Crippen molar-refractivity contribution in [1.82, 2.24) is 15.1 Å². The molecule has 1 heterocycles. The summed E-state index contributed by atoms with van der Waals surface area (Å²) in [7, 11) is 3.79. The molecule has 6 heteroatoms. The Balaban J connectivity index is 2.05.